The van der Waals surface area contributed by atoms with E-state index in [9.17, 15) is 0 Å². The first-order valence-electron chi connectivity index (χ1n) is 8.30. The Kier molecular flexibility index (Phi) is 3.68. The van der Waals surface area contributed by atoms with Crippen molar-refractivity contribution in [2.24, 2.45) is 15.4 Å². The highest BCUT2D eigenvalue weighted by Gasteiger charge is 2.14. The van der Waals surface area contributed by atoms with Crippen LogP contribution in [0.25, 0.3) is 21.0 Å². The number of nitrogens with zero attached hydrogens (tertiary/aromatic N) is 4. The van der Waals surface area contributed by atoms with Gasteiger partial charge in [0.2, 0.25) is 5.88 Å². The number of pyridine rings is 1. The Bertz CT molecular complexity index is 1160. The van der Waals surface area contributed by atoms with Gasteiger partial charge in [-0.25, -0.2) is 4.98 Å². The first-order chi connectivity index (χ1) is 12.9. The third kappa shape index (κ3) is 2.64. The van der Waals surface area contributed by atoms with E-state index in [2.05, 4.69) is 51.2 Å². The van der Waals surface area contributed by atoms with Gasteiger partial charge in [-0.2, -0.15) is 5.11 Å². The number of thiophene rings is 1. The number of hydrogen-bond donors (Lipinski definition) is 0. The summed E-state index contributed by atoms with van der Waals surface area (Å²) >= 11 is 1.70. The standard InChI is InChI=1S/C20H14N4OS/c1-2-4-13(5-3-1)12-25-20-16-8-9-26-19(16)15-7-6-14(10-17(15)22-20)18-11-21-24-23-18/h1-10H,11-12H2. The van der Waals surface area contributed by atoms with Crippen LogP contribution in [0.2, 0.25) is 0 Å². The predicted molar refractivity (Wildman–Crippen MR) is 104 cm³/mol. The lowest BCUT2D eigenvalue weighted by Gasteiger charge is -2.10. The van der Waals surface area contributed by atoms with E-state index in [1.165, 1.54) is 4.70 Å². The van der Waals surface area contributed by atoms with Crippen LogP contribution < -0.4 is 4.74 Å². The summed E-state index contributed by atoms with van der Waals surface area (Å²) in [5.74, 6) is 0.664. The van der Waals surface area contributed by atoms with Gasteiger partial charge in [-0.15, -0.1) is 16.4 Å². The van der Waals surface area contributed by atoms with Crippen molar-refractivity contribution in [2.45, 2.75) is 6.61 Å². The maximum Gasteiger partial charge on any atom is 0.223 e. The van der Waals surface area contributed by atoms with Crippen LogP contribution in [0.3, 0.4) is 0 Å². The lowest BCUT2D eigenvalue weighted by molar-refractivity contribution is 0.299. The molecule has 0 saturated carbocycles. The van der Waals surface area contributed by atoms with Crippen molar-refractivity contribution in [1.29, 1.82) is 0 Å². The molecule has 0 N–H and O–H groups in total. The lowest BCUT2D eigenvalue weighted by atomic mass is 10.1. The van der Waals surface area contributed by atoms with E-state index >= 15 is 0 Å². The molecule has 0 atom stereocenters. The summed E-state index contributed by atoms with van der Waals surface area (Å²) in [5.41, 5.74) is 3.89. The topological polar surface area (TPSA) is 59.2 Å². The largest absolute Gasteiger partial charge is 0.472 e. The SMILES string of the molecule is c1ccc(COc2nc3cc(C4=NN=NC4)ccc3c3sccc23)cc1. The van der Waals surface area contributed by atoms with E-state index in [1.807, 2.05) is 24.3 Å². The van der Waals surface area contributed by atoms with E-state index in [4.69, 9.17) is 9.72 Å². The minimum absolute atomic E-state index is 0.494. The number of benzene rings is 2. The summed E-state index contributed by atoms with van der Waals surface area (Å²) in [5, 5.41) is 16.0. The zero-order valence-corrected chi connectivity index (χ0v) is 14.6. The first-order valence-corrected chi connectivity index (χ1v) is 9.18. The van der Waals surface area contributed by atoms with Crippen LogP contribution in [0.15, 0.2) is 75.4 Å². The van der Waals surface area contributed by atoms with Crippen LogP contribution in [-0.2, 0) is 6.61 Å². The average Bonchev–Trinajstić information content (AvgIpc) is 3.38. The smallest absolute Gasteiger partial charge is 0.223 e. The highest BCUT2D eigenvalue weighted by atomic mass is 32.1. The molecular formula is C20H14N4OS. The monoisotopic (exact) mass is 358 g/mol. The second kappa shape index (κ2) is 6.31. The summed E-state index contributed by atoms with van der Waals surface area (Å²) < 4.78 is 7.25. The molecule has 1 aliphatic rings. The van der Waals surface area contributed by atoms with Gasteiger partial charge in [0, 0.05) is 15.6 Å². The van der Waals surface area contributed by atoms with Gasteiger partial charge in [-0.1, -0.05) is 42.5 Å². The normalized spacial score (nSPS) is 13.5. The fraction of sp³-hybridized carbons (Fsp3) is 0.100. The van der Waals surface area contributed by atoms with Crippen molar-refractivity contribution in [3.8, 4) is 5.88 Å². The average molecular weight is 358 g/mol. The zero-order valence-electron chi connectivity index (χ0n) is 13.8. The molecule has 1 aliphatic heterocycles. The Morgan fingerprint density at radius 2 is 1.92 bits per heavy atom. The molecule has 4 aromatic rings. The molecule has 0 fully saturated rings. The second-order valence-corrected chi connectivity index (χ2v) is 6.94. The molecule has 0 amide bonds. The third-order valence-corrected chi connectivity index (χ3v) is 5.31. The molecule has 0 bridgehead atoms. The summed E-state index contributed by atoms with van der Waals surface area (Å²) in [4.78, 5) is 4.79. The molecule has 2 aromatic carbocycles. The molecular weight excluding hydrogens is 344 g/mol. The van der Waals surface area contributed by atoms with Gasteiger partial charge in [-0.3, -0.25) is 0 Å². The molecule has 0 radical (unpaired) electrons. The highest BCUT2D eigenvalue weighted by Crippen LogP contribution is 2.35. The summed E-state index contributed by atoms with van der Waals surface area (Å²) in [7, 11) is 0. The van der Waals surface area contributed by atoms with Crippen LogP contribution in [0.4, 0.5) is 0 Å². The van der Waals surface area contributed by atoms with Crippen molar-refractivity contribution in [3.05, 3.63) is 71.1 Å². The molecule has 2 aromatic heterocycles. The van der Waals surface area contributed by atoms with Crippen molar-refractivity contribution < 1.29 is 4.74 Å². The van der Waals surface area contributed by atoms with Crippen LogP contribution in [0, 0.1) is 0 Å². The highest BCUT2D eigenvalue weighted by molar-refractivity contribution is 7.18. The van der Waals surface area contributed by atoms with Gasteiger partial charge in [0.1, 0.15) is 13.2 Å². The van der Waals surface area contributed by atoms with Gasteiger partial charge < -0.3 is 4.74 Å². The van der Waals surface area contributed by atoms with Gasteiger partial charge in [-0.05, 0) is 28.3 Å². The number of hydrogen-bond acceptors (Lipinski definition) is 6. The van der Waals surface area contributed by atoms with E-state index in [0.717, 1.165) is 33.1 Å². The molecule has 3 heterocycles. The predicted octanol–water partition coefficient (Wildman–Crippen LogP) is 5.20. The maximum atomic E-state index is 6.07. The molecule has 0 aliphatic carbocycles. The number of aromatic nitrogens is 1. The maximum absolute atomic E-state index is 6.07. The van der Waals surface area contributed by atoms with Gasteiger partial charge in [0.15, 0.2) is 0 Å². The fourth-order valence-electron chi connectivity index (χ4n) is 3.05. The van der Waals surface area contributed by atoms with Crippen LogP contribution in [-0.4, -0.2) is 17.2 Å². The van der Waals surface area contributed by atoms with Gasteiger partial charge in [0.05, 0.1) is 16.6 Å². The number of ether oxygens (including phenoxy) is 1. The summed E-state index contributed by atoms with van der Waals surface area (Å²) in [6.45, 7) is 1.01. The number of rotatable bonds is 4. The van der Waals surface area contributed by atoms with Crippen molar-refractivity contribution >= 4 is 38.0 Å². The van der Waals surface area contributed by atoms with E-state index < -0.39 is 0 Å². The molecule has 26 heavy (non-hydrogen) atoms. The van der Waals surface area contributed by atoms with E-state index in [0.29, 0.717) is 19.0 Å². The Morgan fingerprint density at radius 3 is 2.77 bits per heavy atom. The zero-order chi connectivity index (χ0) is 17.3. The fourth-order valence-corrected chi connectivity index (χ4v) is 3.97. The Morgan fingerprint density at radius 1 is 1.00 bits per heavy atom. The van der Waals surface area contributed by atoms with E-state index in [-0.39, 0.29) is 0 Å². The molecule has 6 heteroatoms. The Labute approximate surface area is 153 Å². The number of fused-ring (bicyclic) bond motifs is 3. The van der Waals surface area contributed by atoms with E-state index in [1.54, 1.807) is 11.3 Å². The molecule has 0 unspecified atom stereocenters. The summed E-state index contributed by atoms with van der Waals surface area (Å²) in [6.07, 6.45) is 0. The molecule has 126 valence electrons. The third-order valence-electron chi connectivity index (χ3n) is 4.36. The minimum atomic E-state index is 0.494. The molecule has 0 spiro atoms. The van der Waals surface area contributed by atoms with Crippen LogP contribution in [0.5, 0.6) is 5.88 Å². The minimum Gasteiger partial charge on any atom is -0.472 e. The van der Waals surface area contributed by atoms with Gasteiger partial charge in [0.25, 0.3) is 0 Å². The quantitative estimate of drug-likeness (QED) is 0.503. The Hall–Kier alpha value is -3.12. The molecule has 0 saturated heterocycles. The van der Waals surface area contributed by atoms with Crippen molar-refractivity contribution in [2.75, 3.05) is 6.54 Å². The Balaban J connectivity index is 1.58. The van der Waals surface area contributed by atoms with Gasteiger partial charge >= 0.3 is 0 Å². The van der Waals surface area contributed by atoms with Crippen molar-refractivity contribution in [1.82, 2.24) is 4.98 Å². The van der Waals surface area contributed by atoms with Crippen molar-refractivity contribution in [3.63, 3.8) is 0 Å². The first kappa shape index (κ1) is 15.2. The summed E-state index contributed by atoms with van der Waals surface area (Å²) in [6, 6.07) is 18.4. The van der Waals surface area contributed by atoms with Crippen LogP contribution >= 0.6 is 11.3 Å². The second-order valence-electron chi connectivity index (χ2n) is 6.02. The molecule has 5 rings (SSSR count). The molecule has 5 nitrogen and oxygen atoms in total. The lowest BCUT2D eigenvalue weighted by Crippen LogP contribution is -2.02. The van der Waals surface area contributed by atoms with Crippen LogP contribution in [0.1, 0.15) is 11.1 Å².